The first kappa shape index (κ1) is 18.1. The Kier molecular flexibility index (Phi) is 5.64. The van der Waals surface area contributed by atoms with Gasteiger partial charge < -0.3 is 10.6 Å². The molecule has 0 spiro atoms. The van der Waals surface area contributed by atoms with Crippen LogP contribution in [0.4, 0.5) is 0 Å². The van der Waals surface area contributed by atoms with E-state index in [1.165, 1.54) is 5.56 Å². The normalized spacial score (nSPS) is 10.9. The second kappa shape index (κ2) is 8.11. The van der Waals surface area contributed by atoms with Crippen LogP contribution in [0.2, 0.25) is 0 Å². The van der Waals surface area contributed by atoms with Crippen molar-refractivity contribution in [3.8, 4) is 0 Å². The van der Waals surface area contributed by atoms with Crippen LogP contribution in [0.1, 0.15) is 27.2 Å². The van der Waals surface area contributed by atoms with Gasteiger partial charge in [0.1, 0.15) is 0 Å². The number of carbonyl (C=O) groups is 1. The number of hydrogen-bond donors (Lipinski definition) is 1. The van der Waals surface area contributed by atoms with Crippen molar-refractivity contribution in [1.82, 2.24) is 9.88 Å². The maximum absolute atomic E-state index is 13.1. The van der Waals surface area contributed by atoms with Gasteiger partial charge in [0, 0.05) is 25.0 Å². The molecular formula is C22H25N3O. The minimum atomic E-state index is -0.000197. The van der Waals surface area contributed by atoms with Crippen molar-refractivity contribution in [1.29, 1.82) is 0 Å². The van der Waals surface area contributed by atoms with Gasteiger partial charge in [0.2, 0.25) is 0 Å². The molecule has 2 N–H and O–H groups in total. The average molecular weight is 347 g/mol. The summed E-state index contributed by atoms with van der Waals surface area (Å²) in [5.41, 5.74) is 10.5. The number of nitrogens with zero attached hydrogens (tertiary/aromatic N) is 2. The van der Waals surface area contributed by atoms with Gasteiger partial charge in [-0.05, 0) is 44.0 Å². The first-order chi connectivity index (χ1) is 12.6. The SMILES string of the molecule is Cc1ccc2nc(C)c(C(=O)N(CCN)CCc3ccccc3)cc2c1. The number of fused-ring (bicyclic) bond motifs is 1. The molecule has 2 aromatic carbocycles. The summed E-state index contributed by atoms with van der Waals surface area (Å²) >= 11 is 0. The summed E-state index contributed by atoms with van der Waals surface area (Å²) in [7, 11) is 0. The van der Waals surface area contributed by atoms with E-state index in [9.17, 15) is 4.79 Å². The molecule has 1 aromatic heterocycles. The molecule has 0 atom stereocenters. The van der Waals surface area contributed by atoms with Crippen molar-refractivity contribution < 1.29 is 4.79 Å². The van der Waals surface area contributed by atoms with E-state index in [1.54, 1.807) is 0 Å². The standard InChI is InChI=1S/C22H25N3O/c1-16-8-9-21-19(14-16)15-20(17(2)24-21)22(26)25(13-11-23)12-10-18-6-4-3-5-7-18/h3-9,14-15H,10-13,23H2,1-2H3. The van der Waals surface area contributed by atoms with Crippen LogP contribution in [-0.2, 0) is 6.42 Å². The minimum absolute atomic E-state index is 0.000197. The molecule has 0 bridgehead atoms. The van der Waals surface area contributed by atoms with Crippen LogP contribution in [0.3, 0.4) is 0 Å². The number of aromatic nitrogens is 1. The number of hydrogen-bond acceptors (Lipinski definition) is 3. The van der Waals surface area contributed by atoms with Crippen molar-refractivity contribution >= 4 is 16.8 Å². The van der Waals surface area contributed by atoms with Gasteiger partial charge in [-0.25, -0.2) is 0 Å². The summed E-state index contributed by atoms with van der Waals surface area (Å²) in [5.74, 6) is -0.000197. The summed E-state index contributed by atoms with van der Waals surface area (Å²) < 4.78 is 0. The van der Waals surface area contributed by atoms with E-state index in [-0.39, 0.29) is 5.91 Å². The molecule has 0 aliphatic carbocycles. The topological polar surface area (TPSA) is 59.2 Å². The molecule has 1 heterocycles. The van der Waals surface area contributed by atoms with Gasteiger partial charge in [0.25, 0.3) is 5.91 Å². The highest BCUT2D eigenvalue weighted by Crippen LogP contribution is 2.19. The summed E-state index contributed by atoms with van der Waals surface area (Å²) in [6, 6.07) is 18.3. The van der Waals surface area contributed by atoms with E-state index in [4.69, 9.17) is 5.73 Å². The fourth-order valence-corrected chi connectivity index (χ4v) is 3.16. The Bertz CT molecular complexity index is 906. The molecule has 0 radical (unpaired) electrons. The summed E-state index contributed by atoms with van der Waals surface area (Å²) in [5, 5.41) is 0.995. The molecule has 3 aromatic rings. The largest absolute Gasteiger partial charge is 0.337 e. The van der Waals surface area contributed by atoms with Crippen LogP contribution in [0.25, 0.3) is 10.9 Å². The van der Waals surface area contributed by atoms with Gasteiger partial charge in [0.15, 0.2) is 0 Å². The Hall–Kier alpha value is -2.72. The molecule has 26 heavy (non-hydrogen) atoms. The van der Waals surface area contributed by atoms with Crippen LogP contribution in [0.15, 0.2) is 54.6 Å². The fraction of sp³-hybridized carbons (Fsp3) is 0.273. The summed E-state index contributed by atoms with van der Waals surface area (Å²) in [6.07, 6.45) is 0.811. The number of amides is 1. The molecule has 134 valence electrons. The first-order valence-electron chi connectivity index (χ1n) is 9.00. The minimum Gasteiger partial charge on any atom is -0.337 e. The second-order valence-corrected chi connectivity index (χ2v) is 6.63. The van der Waals surface area contributed by atoms with Gasteiger partial charge in [-0.2, -0.15) is 0 Å². The van der Waals surface area contributed by atoms with Crippen LogP contribution in [0.5, 0.6) is 0 Å². The fourth-order valence-electron chi connectivity index (χ4n) is 3.16. The monoisotopic (exact) mass is 347 g/mol. The molecule has 4 nitrogen and oxygen atoms in total. The molecule has 0 unspecified atom stereocenters. The number of pyridine rings is 1. The van der Waals surface area contributed by atoms with Crippen molar-refractivity contribution in [3.05, 3.63) is 77.0 Å². The second-order valence-electron chi connectivity index (χ2n) is 6.63. The van der Waals surface area contributed by atoms with E-state index in [1.807, 2.05) is 55.1 Å². The Labute approximate surface area is 154 Å². The van der Waals surface area contributed by atoms with Gasteiger partial charge in [-0.3, -0.25) is 9.78 Å². The summed E-state index contributed by atoms with van der Waals surface area (Å²) in [6.45, 7) is 5.56. The zero-order valence-electron chi connectivity index (χ0n) is 15.4. The third kappa shape index (κ3) is 4.09. The molecule has 1 amide bonds. The van der Waals surface area contributed by atoms with Crippen molar-refractivity contribution in [2.75, 3.05) is 19.6 Å². The van der Waals surface area contributed by atoms with Crippen LogP contribution in [-0.4, -0.2) is 35.4 Å². The summed E-state index contributed by atoms with van der Waals surface area (Å²) in [4.78, 5) is 19.6. The van der Waals surface area contributed by atoms with Crippen molar-refractivity contribution in [2.45, 2.75) is 20.3 Å². The van der Waals surface area contributed by atoms with E-state index in [0.717, 1.165) is 28.6 Å². The third-order valence-corrected chi connectivity index (χ3v) is 4.59. The van der Waals surface area contributed by atoms with Crippen molar-refractivity contribution in [3.63, 3.8) is 0 Å². The van der Waals surface area contributed by atoms with Crippen LogP contribution < -0.4 is 5.73 Å². The number of rotatable bonds is 6. The highest BCUT2D eigenvalue weighted by atomic mass is 16.2. The highest BCUT2D eigenvalue weighted by Gasteiger charge is 2.18. The van der Waals surface area contributed by atoms with Gasteiger partial charge in [-0.15, -0.1) is 0 Å². The van der Waals surface area contributed by atoms with E-state index < -0.39 is 0 Å². The lowest BCUT2D eigenvalue weighted by Gasteiger charge is -2.23. The Balaban J connectivity index is 1.86. The molecule has 4 heteroatoms. The van der Waals surface area contributed by atoms with E-state index in [0.29, 0.717) is 25.2 Å². The Morgan fingerprint density at radius 2 is 1.81 bits per heavy atom. The predicted octanol–water partition coefficient (Wildman–Crippen LogP) is 3.50. The quantitative estimate of drug-likeness (QED) is 0.742. The molecule has 0 saturated heterocycles. The third-order valence-electron chi connectivity index (χ3n) is 4.59. The number of nitrogens with two attached hydrogens (primary N) is 1. The van der Waals surface area contributed by atoms with Crippen molar-refractivity contribution in [2.24, 2.45) is 5.73 Å². The van der Waals surface area contributed by atoms with E-state index >= 15 is 0 Å². The number of carbonyl (C=O) groups excluding carboxylic acids is 1. The lowest BCUT2D eigenvalue weighted by atomic mass is 10.1. The lowest BCUT2D eigenvalue weighted by molar-refractivity contribution is 0.0761. The molecule has 0 aliphatic rings. The molecule has 0 saturated carbocycles. The van der Waals surface area contributed by atoms with Gasteiger partial charge in [-0.1, -0.05) is 42.0 Å². The zero-order valence-corrected chi connectivity index (χ0v) is 15.4. The van der Waals surface area contributed by atoms with Crippen LogP contribution in [0, 0.1) is 13.8 Å². The Morgan fingerprint density at radius 3 is 2.54 bits per heavy atom. The van der Waals surface area contributed by atoms with Gasteiger partial charge in [0.05, 0.1) is 16.8 Å². The number of aryl methyl sites for hydroxylation is 2. The highest BCUT2D eigenvalue weighted by molar-refractivity contribution is 5.98. The number of benzene rings is 2. The van der Waals surface area contributed by atoms with E-state index in [2.05, 4.69) is 23.2 Å². The lowest BCUT2D eigenvalue weighted by Crippen LogP contribution is -2.37. The van der Waals surface area contributed by atoms with Crippen LogP contribution >= 0.6 is 0 Å². The Morgan fingerprint density at radius 1 is 1.04 bits per heavy atom. The molecule has 0 fully saturated rings. The smallest absolute Gasteiger partial charge is 0.255 e. The molecule has 3 rings (SSSR count). The predicted molar refractivity (Wildman–Crippen MR) is 106 cm³/mol. The van der Waals surface area contributed by atoms with Gasteiger partial charge >= 0.3 is 0 Å². The first-order valence-corrected chi connectivity index (χ1v) is 9.00. The maximum Gasteiger partial charge on any atom is 0.255 e. The maximum atomic E-state index is 13.1. The molecular weight excluding hydrogens is 322 g/mol. The average Bonchev–Trinajstić information content (AvgIpc) is 2.65. The zero-order chi connectivity index (χ0) is 18.5. The molecule has 0 aliphatic heterocycles.